The summed E-state index contributed by atoms with van der Waals surface area (Å²) in [5, 5.41) is 4.95. The van der Waals surface area contributed by atoms with Crippen LogP contribution in [-0.2, 0) is 19.6 Å². The minimum atomic E-state index is 0.607. The molecule has 0 bridgehead atoms. The summed E-state index contributed by atoms with van der Waals surface area (Å²) in [5.74, 6) is 3.51. The number of quaternary nitrogens is 1. The SMILES string of the molecule is COc1cc2c(cc1OC)C[NH+](Cn1nc(C3CC3)n(C3CC3)c1=S)CC2. The number of nitrogens with zero attached hydrogens (tertiary/aromatic N) is 3. The molecule has 0 amide bonds. The monoisotopic (exact) mass is 387 g/mol. The molecule has 0 spiro atoms. The summed E-state index contributed by atoms with van der Waals surface area (Å²) < 4.78 is 16.3. The van der Waals surface area contributed by atoms with E-state index in [2.05, 4.69) is 21.4 Å². The second kappa shape index (κ2) is 6.63. The molecule has 3 aliphatic rings. The zero-order chi connectivity index (χ0) is 18.5. The van der Waals surface area contributed by atoms with E-state index in [0.29, 0.717) is 12.0 Å². The van der Waals surface area contributed by atoms with Crippen molar-refractivity contribution in [3.8, 4) is 11.5 Å². The predicted molar refractivity (Wildman–Crippen MR) is 104 cm³/mol. The van der Waals surface area contributed by atoms with Gasteiger partial charge in [0.1, 0.15) is 12.4 Å². The molecule has 144 valence electrons. The van der Waals surface area contributed by atoms with Crippen molar-refractivity contribution in [3.05, 3.63) is 33.9 Å². The Morgan fingerprint density at radius 3 is 2.44 bits per heavy atom. The molecule has 2 aliphatic carbocycles. The molecule has 1 atom stereocenters. The van der Waals surface area contributed by atoms with Gasteiger partial charge in [-0.05, 0) is 55.6 Å². The van der Waals surface area contributed by atoms with E-state index in [0.717, 1.165) is 42.4 Å². The van der Waals surface area contributed by atoms with Gasteiger partial charge in [0.15, 0.2) is 18.2 Å². The second-order valence-corrected chi connectivity index (χ2v) is 8.44. The number of ether oxygens (including phenoxy) is 2. The van der Waals surface area contributed by atoms with Crippen molar-refractivity contribution >= 4 is 12.2 Å². The minimum Gasteiger partial charge on any atom is -0.493 e. The Labute approximate surface area is 164 Å². The highest BCUT2D eigenvalue weighted by Crippen LogP contribution is 2.44. The van der Waals surface area contributed by atoms with Crippen LogP contribution in [0.3, 0.4) is 0 Å². The lowest BCUT2D eigenvalue weighted by Gasteiger charge is -2.26. The summed E-state index contributed by atoms with van der Waals surface area (Å²) in [6.07, 6.45) is 6.09. The van der Waals surface area contributed by atoms with Crippen molar-refractivity contribution < 1.29 is 14.4 Å². The highest BCUT2D eigenvalue weighted by atomic mass is 32.1. The molecular formula is C20H27N4O2S+. The maximum atomic E-state index is 5.81. The van der Waals surface area contributed by atoms with Gasteiger partial charge >= 0.3 is 0 Å². The van der Waals surface area contributed by atoms with Gasteiger partial charge in [0, 0.05) is 23.9 Å². The Balaban J connectivity index is 1.39. The molecule has 0 saturated heterocycles. The van der Waals surface area contributed by atoms with E-state index in [-0.39, 0.29) is 0 Å². The number of methoxy groups -OCH3 is 2. The number of hydrogen-bond donors (Lipinski definition) is 1. The van der Waals surface area contributed by atoms with Gasteiger partial charge in [-0.15, -0.1) is 0 Å². The van der Waals surface area contributed by atoms with Crippen LogP contribution in [0.15, 0.2) is 12.1 Å². The van der Waals surface area contributed by atoms with Gasteiger partial charge in [-0.3, -0.25) is 0 Å². The Morgan fingerprint density at radius 2 is 1.81 bits per heavy atom. The normalized spacial score (nSPS) is 21.8. The maximum absolute atomic E-state index is 5.81. The third-order valence-corrected chi connectivity index (χ3v) is 6.43. The van der Waals surface area contributed by atoms with E-state index >= 15 is 0 Å². The Morgan fingerprint density at radius 1 is 1.11 bits per heavy atom. The van der Waals surface area contributed by atoms with Crippen molar-refractivity contribution in [3.63, 3.8) is 0 Å². The first kappa shape index (κ1) is 17.3. The molecule has 2 fully saturated rings. The van der Waals surface area contributed by atoms with Crippen LogP contribution in [0.25, 0.3) is 0 Å². The van der Waals surface area contributed by atoms with E-state index in [9.17, 15) is 0 Å². The van der Waals surface area contributed by atoms with Crippen LogP contribution in [0.2, 0.25) is 0 Å². The van der Waals surface area contributed by atoms with Crippen molar-refractivity contribution in [1.29, 1.82) is 0 Å². The predicted octanol–water partition coefficient (Wildman–Crippen LogP) is 2.24. The molecule has 2 saturated carbocycles. The fraction of sp³-hybridized carbons (Fsp3) is 0.600. The lowest BCUT2D eigenvalue weighted by Crippen LogP contribution is -3.11. The molecule has 0 radical (unpaired) electrons. The number of nitrogens with one attached hydrogen (secondary N) is 1. The summed E-state index contributed by atoms with van der Waals surface area (Å²) in [4.78, 5) is 1.49. The third kappa shape index (κ3) is 3.17. The molecule has 5 rings (SSSR count). The van der Waals surface area contributed by atoms with Crippen LogP contribution in [0.4, 0.5) is 0 Å². The zero-order valence-corrected chi connectivity index (χ0v) is 16.8. The van der Waals surface area contributed by atoms with E-state index in [1.54, 1.807) is 14.2 Å². The van der Waals surface area contributed by atoms with Gasteiger partial charge in [0.25, 0.3) is 0 Å². The van der Waals surface area contributed by atoms with E-state index < -0.39 is 0 Å². The molecule has 1 N–H and O–H groups in total. The van der Waals surface area contributed by atoms with Crippen LogP contribution < -0.4 is 14.4 Å². The third-order valence-electron chi connectivity index (χ3n) is 6.02. The molecule has 2 aromatic rings. The highest BCUT2D eigenvalue weighted by Gasteiger charge is 2.36. The van der Waals surface area contributed by atoms with E-state index in [1.165, 1.54) is 47.5 Å². The van der Waals surface area contributed by atoms with Crippen LogP contribution in [0, 0.1) is 4.77 Å². The number of rotatable bonds is 6. The average molecular weight is 388 g/mol. The summed E-state index contributed by atoms with van der Waals surface area (Å²) >= 11 is 5.81. The molecule has 1 unspecified atom stereocenters. The molecule has 6 nitrogen and oxygen atoms in total. The van der Waals surface area contributed by atoms with E-state index in [4.69, 9.17) is 26.8 Å². The van der Waals surface area contributed by atoms with Gasteiger partial charge in [-0.2, -0.15) is 9.78 Å². The number of benzene rings is 1. The minimum absolute atomic E-state index is 0.607. The molecular weight excluding hydrogens is 360 g/mol. The summed E-state index contributed by atoms with van der Waals surface area (Å²) in [7, 11) is 3.39. The maximum Gasteiger partial charge on any atom is 0.203 e. The van der Waals surface area contributed by atoms with Crippen LogP contribution >= 0.6 is 12.2 Å². The zero-order valence-electron chi connectivity index (χ0n) is 16.0. The first-order chi connectivity index (χ1) is 13.2. The van der Waals surface area contributed by atoms with Crippen molar-refractivity contribution in [2.45, 2.75) is 57.3 Å². The fourth-order valence-electron chi connectivity index (χ4n) is 4.21. The summed E-state index contributed by atoms with van der Waals surface area (Å²) in [6.45, 7) is 2.89. The average Bonchev–Trinajstić information content (AvgIpc) is 3.60. The van der Waals surface area contributed by atoms with Crippen LogP contribution in [-0.4, -0.2) is 35.1 Å². The Bertz CT molecular complexity index is 927. The van der Waals surface area contributed by atoms with Crippen molar-refractivity contribution in [2.24, 2.45) is 0 Å². The molecule has 2 heterocycles. The van der Waals surface area contributed by atoms with Gasteiger partial charge < -0.3 is 18.9 Å². The smallest absolute Gasteiger partial charge is 0.203 e. The summed E-state index contributed by atoms with van der Waals surface area (Å²) in [5.41, 5.74) is 2.70. The lowest BCUT2D eigenvalue weighted by atomic mass is 9.99. The number of aromatic nitrogens is 3. The van der Waals surface area contributed by atoms with Crippen LogP contribution in [0.5, 0.6) is 11.5 Å². The van der Waals surface area contributed by atoms with Gasteiger partial charge in [-0.1, -0.05) is 0 Å². The molecule has 27 heavy (non-hydrogen) atoms. The van der Waals surface area contributed by atoms with E-state index in [1.807, 2.05) is 0 Å². The Kier molecular flexibility index (Phi) is 4.24. The first-order valence-corrected chi connectivity index (χ1v) is 10.4. The largest absolute Gasteiger partial charge is 0.493 e. The summed E-state index contributed by atoms with van der Waals surface area (Å²) in [6, 6.07) is 4.87. The Hall–Kier alpha value is -1.86. The van der Waals surface area contributed by atoms with Crippen LogP contribution in [0.1, 0.15) is 54.6 Å². The van der Waals surface area contributed by atoms with Crippen molar-refractivity contribution in [2.75, 3.05) is 20.8 Å². The standard InChI is InChI=1S/C20H26N4O2S/c1-25-17-9-14-7-8-22(11-15(14)10-18(17)26-2)12-23-20(27)24(16-5-6-16)19(21-23)13-3-4-13/h9-10,13,16H,3-8,11-12H2,1-2H3/p+1. The van der Waals surface area contributed by atoms with Gasteiger partial charge in [-0.25, -0.2) is 0 Å². The lowest BCUT2D eigenvalue weighted by molar-refractivity contribution is -0.939. The number of fused-ring (bicyclic) bond motifs is 1. The second-order valence-electron chi connectivity index (χ2n) is 8.08. The fourth-order valence-corrected chi connectivity index (χ4v) is 4.56. The number of hydrogen-bond acceptors (Lipinski definition) is 4. The molecule has 7 heteroatoms. The molecule has 1 aromatic carbocycles. The van der Waals surface area contributed by atoms with Gasteiger partial charge in [0.05, 0.1) is 20.8 Å². The molecule has 1 aliphatic heterocycles. The first-order valence-electron chi connectivity index (χ1n) is 9.94. The van der Waals surface area contributed by atoms with Gasteiger partial charge in [0.2, 0.25) is 4.77 Å². The molecule has 1 aromatic heterocycles. The topological polar surface area (TPSA) is 45.6 Å². The van der Waals surface area contributed by atoms with Crippen molar-refractivity contribution in [1.82, 2.24) is 14.3 Å². The quantitative estimate of drug-likeness (QED) is 0.773. The highest BCUT2D eigenvalue weighted by molar-refractivity contribution is 7.71.